The minimum atomic E-state index is -0.270. The molecule has 2 aliphatic rings. The molecule has 5 rings (SSSR count). The number of ether oxygens (including phenoxy) is 1. The summed E-state index contributed by atoms with van der Waals surface area (Å²) in [6, 6.07) is 15.1. The number of carbonyl (C=O) groups excluding carboxylic acids is 1. The summed E-state index contributed by atoms with van der Waals surface area (Å²) >= 11 is 6.38. The Balaban J connectivity index is 1.47. The summed E-state index contributed by atoms with van der Waals surface area (Å²) in [6.07, 6.45) is 2.60. The van der Waals surface area contributed by atoms with Gasteiger partial charge in [0.1, 0.15) is 28.4 Å². The van der Waals surface area contributed by atoms with Crippen molar-refractivity contribution in [1.82, 2.24) is 15.4 Å². The molecule has 0 radical (unpaired) electrons. The number of nitrogens with zero attached hydrogens (tertiary/aromatic N) is 2. The number of nitrogens with one attached hydrogen (secondary N) is 1. The van der Waals surface area contributed by atoms with E-state index in [1.54, 1.807) is 13.0 Å². The number of para-hydroxylation sites is 1. The third-order valence-electron chi connectivity index (χ3n) is 6.62. The number of hydrogen-bond acceptors (Lipinski definition) is 5. The maximum Gasteiger partial charge on any atom is 0.257 e. The van der Waals surface area contributed by atoms with Crippen molar-refractivity contribution >= 4 is 17.5 Å². The van der Waals surface area contributed by atoms with Crippen molar-refractivity contribution in [1.29, 1.82) is 0 Å². The third kappa shape index (κ3) is 3.78. The summed E-state index contributed by atoms with van der Waals surface area (Å²) in [5.74, 6) is 1.09. The van der Waals surface area contributed by atoms with Crippen LogP contribution in [0.4, 0.5) is 0 Å². The fraction of sp³-hybridized carbons (Fsp3) is 0.360. The maximum absolute atomic E-state index is 13.5. The minimum absolute atomic E-state index is 0.163. The normalized spacial score (nSPS) is 19.9. The molecule has 1 aromatic heterocycles. The molecule has 166 valence electrons. The van der Waals surface area contributed by atoms with Crippen LogP contribution >= 0.6 is 11.6 Å². The molecule has 1 atom stereocenters. The van der Waals surface area contributed by atoms with E-state index in [0.29, 0.717) is 27.6 Å². The molecule has 7 heteroatoms. The van der Waals surface area contributed by atoms with Crippen LogP contribution in [0.1, 0.15) is 47.0 Å². The zero-order valence-corrected chi connectivity index (χ0v) is 19.0. The first kappa shape index (κ1) is 21.0. The third-order valence-corrected chi connectivity index (χ3v) is 6.95. The van der Waals surface area contributed by atoms with Gasteiger partial charge in [0, 0.05) is 30.6 Å². The molecule has 3 aromatic rings. The molecule has 32 heavy (non-hydrogen) atoms. The number of hydrogen-bond donors (Lipinski definition) is 1. The highest BCUT2D eigenvalue weighted by Crippen LogP contribution is 2.44. The molecule has 2 aliphatic heterocycles. The summed E-state index contributed by atoms with van der Waals surface area (Å²) < 4.78 is 11.9. The first-order chi connectivity index (χ1) is 15.5. The second kappa shape index (κ2) is 8.26. The van der Waals surface area contributed by atoms with Crippen LogP contribution in [-0.4, -0.2) is 41.7 Å². The van der Waals surface area contributed by atoms with Gasteiger partial charge in [-0.25, -0.2) is 0 Å². The molecular formula is C25H26ClN3O3. The molecule has 1 saturated heterocycles. The Morgan fingerprint density at radius 1 is 1.16 bits per heavy atom. The number of halogens is 1. The summed E-state index contributed by atoms with van der Waals surface area (Å²) in [7, 11) is 2.13. The predicted molar refractivity (Wildman–Crippen MR) is 123 cm³/mol. The molecule has 1 N–H and O–H groups in total. The van der Waals surface area contributed by atoms with Crippen LogP contribution in [0, 0.1) is 6.92 Å². The van der Waals surface area contributed by atoms with Crippen molar-refractivity contribution < 1.29 is 14.1 Å². The number of aryl methyl sites for hydroxylation is 1. The van der Waals surface area contributed by atoms with E-state index in [1.807, 2.05) is 42.5 Å². The topological polar surface area (TPSA) is 67.6 Å². The van der Waals surface area contributed by atoms with E-state index < -0.39 is 0 Å². The number of benzene rings is 2. The largest absolute Gasteiger partial charge is 0.487 e. The van der Waals surface area contributed by atoms with Crippen LogP contribution in [0.25, 0.3) is 11.3 Å². The highest BCUT2D eigenvalue weighted by atomic mass is 35.5. The number of likely N-dealkylation sites (tertiary alicyclic amines) is 1. The van der Waals surface area contributed by atoms with Gasteiger partial charge < -0.3 is 19.5 Å². The molecule has 1 unspecified atom stereocenters. The van der Waals surface area contributed by atoms with Crippen molar-refractivity contribution in [2.24, 2.45) is 0 Å². The van der Waals surface area contributed by atoms with Crippen LogP contribution in [0.3, 0.4) is 0 Å². The smallest absolute Gasteiger partial charge is 0.257 e. The minimum Gasteiger partial charge on any atom is -0.487 e. The van der Waals surface area contributed by atoms with Crippen molar-refractivity contribution in [3.8, 4) is 17.0 Å². The van der Waals surface area contributed by atoms with Gasteiger partial charge in [-0.15, -0.1) is 0 Å². The molecule has 1 amide bonds. The Kier molecular flexibility index (Phi) is 5.43. The van der Waals surface area contributed by atoms with Gasteiger partial charge in [0.15, 0.2) is 0 Å². The van der Waals surface area contributed by atoms with E-state index in [0.717, 1.165) is 43.7 Å². The fourth-order valence-electron chi connectivity index (χ4n) is 4.79. The molecular weight excluding hydrogens is 426 g/mol. The first-order valence-corrected chi connectivity index (χ1v) is 11.3. The highest BCUT2D eigenvalue weighted by molar-refractivity contribution is 6.33. The molecule has 1 fully saturated rings. The Morgan fingerprint density at radius 3 is 2.66 bits per heavy atom. The van der Waals surface area contributed by atoms with Gasteiger partial charge in [-0.2, -0.15) is 0 Å². The van der Waals surface area contributed by atoms with Gasteiger partial charge in [0.05, 0.1) is 11.1 Å². The molecule has 0 saturated carbocycles. The van der Waals surface area contributed by atoms with Crippen LogP contribution in [0.2, 0.25) is 5.02 Å². The second-order valence-corrected chi connectivity index (χ2v) is 9.21. The lowest BCUT2D eigenvalue weighted by atomic mass is 9.80. The quantitative estimate of drug-likeness (QED) is 0.605. The van der Waals surface area contributed by atoms with E-state index in [2.05, 4.69) is 22.4 Å². The zero-order chi connectivity index (χ0) is 22.3. The standard InChI is InChI=1S/C25H26ClN3O3/c1-16-22(23(28-32-16)17-7-3-5-9-19(17)26)24(30)27-20-15-25(11-13-29(2)14-12-25)31-21-10-6-4-8-18(20)21/h3-10,20H,11-15H2,1-2H3,(H,27,30). The molecule has 0 aliphatic carbocycles. The monoisotopic (exact) mass is 451 g/mol. The Labute approximate surface area is 192 Å². The molecule has 2 aromatic carbocycles. The Hall–Kier alpha value is -2.83. The Morgan fingerprint density at radius 2 is 1.88 bits per heavy atom. The van der Waals surface area contributed by atoms with Crippen LogP contribution in [0.5, 0.6) is 5.75 Å². The van der Waals surface area contributed by atoms with Gasteiger partial charge in [-0.1, -0.05) is 53.2 Å². The highest BCUT2D eigenvalue weighted by Gasteiger charge is 2.43. The van der Waals surface area contributed by atoms with Crippen LogP contribution in [0.15, 0.2) is 53.1 Å². The van der Waals surface area contributed by atoms with Gasteiger partial charge in [0.2, 0.25) is 0 Å². The van der Waals surface area contributed by atoms with E-state index in [9.17, 15) is 4.79 Å². The number of rotatable bonds is 3. The van der Waals surface area contributed by atoms with E-state index >= 15 is 0 Å². The summed E-state index contributed by atoms with van der Waals surface area (Å²) in [5.41, 5.74) is 2.28. The number of fused-ring (bicyclic) bond motifs is 1. The summed E-state index contributed by atoms with van der Waals surface area (Å²) in [6.45, 7) is 3.70. The number of piperidine rings is 1. The molecule has 6 nitrogen and oxygen atoms in total. The SMILES string of the molecule is Cc1onc(-c2ccccc2Cl)c1C(=O)NC1CC2(CCN(C)CC2)Oc2ccccc21. The van der Waals surface area contributed by atoms with E-state index in [1.165, 1.54) is 0 Å². The lowest BCUT2D eigenvalue weighted by Crippen LogP contribution is -2.51. The van der Waals surface area contributed by atoms with Crippen molar-refractivity contribution in [2.75, 3.05) is 20.1 Å². The number of carbonyl (C=O) groups is 1. The maximum atomic E-state index is 13.5. The van der Waals surface area contributed by atoms with Crippen molar-refractivity contribution in [3.63, 3.8) is 0 Å². The fourth-order valence-corrected chi connectivity index (χ4v) is 5.01. The molecule has 3 heterocycles. The number of amides is 1. The summed E-state index contributed by atoms with van der Waals surface area (Å²) in [5, 5.41) is 7.93. The zero-order valence-electron chi connectivity index (χ0n) is 18.2. The van der Waals surface area contributed by atoms with Gasteiger partial charge >= 0.3 is 0 Å². The van der Waals surface area contributed by atoms with Gasteiger partial charge in [0.25, 0.3) is 5.91 Å². The van der Waals surface area contributed by atoms with Gasteiger partial charge in [-0.05, 0) is 38.9 Å². The predicted octanol–water partition coefficient (Wildman–Crippen LogP) is 5.02. The Bertz CT molecular complexity index is 1150. The van der Waals surface area contributed by atoms with Crippen molar-refractivity contribution in [2.45, 2.75) is 37.8 Å². The lowest BCUT2D eigenvalue weighted by molar-refractivity contribution is -0.0195. The second-order valence-electron chi connectivity index (χ2n) is 8.80. The van der Waals surface area contributed by atoms with Crippen LogP contribution in [-0.2, 0) is 0 Å². The van der Waals surface area contributed by atoms with E-state index in [-0.39, 0.29) is 17.6 Å². The average molecular weight is 452 g/mol. The molecule has 1 spiro atoms. The van der Waals surface area contributed by atoms with Gasteiger partial charge in [-0.3, -0.25) is 4.79 Å². The summed E-state index contributed by atoms with van der Waals surface area (Å²) in [4.78, 5) is 15.8. The van der Waals surface area contributed by atoms with E-state index in [4.69, 9.17) is 20.9 Å². The first-order valence-electron chi connectivity index (χ1n) is 10.9. The molecule has 0 bridgehead atoms. The van der Waals surface area contributed by atoms with Crippen molar-refractivity contribution in [3.05, 3.63) is 70.4 Å². The number of aromatic nitrogens is 1. The average Bonchev–Trinajstić information content (AvgIpc) is 3.17. The van der Waals surface area contributed by atoms with Crippen LogP contribution < -0.4 is 10.1 Å². The lowest BCUT2D eigenvalue weighted by Gasteiger charge is -2.46.